The highest BCUT2D eigenvalue weighted by molar-refractivity contribution is 6.45. The van der Waals surface area contributed by atoms with Gasteiger partial charge in [0.05, 0.1) is 41.7 Å². The number of rotatable bonds is 5. The van der Waals surface area contributed by atoms with Crippen molar-refractivity contribution in [1.29, 1.82) is 0 Å². The molecule has 38 heavy (non-hydrogen) atoms. The van der Waals surface area contributed by atoms with Gasteiger partial charge in [-0.1, -0.05) is 0 Å². The van der Waals surface area contributed by atoms with E-state index in [0.717, 1.165) is 17.0 Å². The number of carbonyl (C=O) groups excluding carboxylic acids is 2. The Balaban J connectivity index is 1.30. The zero-order valence-corrected chi connectivity index (χ0v) is 21.3. The predicted molar refractivity (Wildman–Crippen MR) is 134 cm³/mol. The molecule has 13 heteroatoms. The fourth-order valence-corrected chi connectivity index (χ4v) is 4.83. The van der Waals surface area contributed by atoms with Crippen molar-refractivity contribution in [3.05, 3.63) is 65.1 Å². The number of nitrogens with zero attached hydrogens (tertiary/aromatic N) is 9. The molecule has 0 fully saturated rings. The summed E-state index contributed by atoms with van der Waals surface area (Å²) < 4.78 is 8.77. The fourth-order valence-electron chi connectivity index (χ4n) is 4.83. The van der Waals surface area contributed by atoms with E-state index in [1.165, 1.54) is 30.5 Å². The number of fused-ring (bicyclic) bond motifs is 2. The minimum atomic E-state index is -0.639. The third-order valence-electron chi connectivity index (χ3n) is 6.53. The van der Waals surface area contributed by atoms with Gasteiger partial charge in [0, 0.05) is 43.0 Å². The van der Waals surface area contributed by atoms with Gasteiger partial charge in [0.1, 0.15) is 23.7 Å². The molecular formula is C25H24N10O3. The van der Waals surface area contributed by atoms with Crippen LogP contribution >= 0.6 is 0 Å². The molecule has 0 aromatic carbocycles. The second-order valence-corrected chi connectivity index (χ2v) is 9.09. The van der Waals surface area contributed by atoms with Crippen molar-refractivity contribution in [2.45, 2.75) is 33.7 Å². The first-order valence-electron chi connectivity index (χ1n) is 12.0. The summed E-state index contributed by atoms with van der Waals surface area (Å²) in [6, 6.07) is 1.87. The highest BCUT2D eigenvalue weighted by atomic mass is 16.5. The second kappa shape index (κ2) is 8.87. The van der Waals surface area contributed by atoms with E-state index in [4.69, 9.17) is 4.74 Å². The summed E-state index contributed by atoms with van der Waals surface area (Å²) in [5.74, 6) is 1.49. The average Bonchev–Trinajstić information content (AvgIpc) is 3.64. The summed E-state index contributed by atoms with van der Waals surface area (Å²) in [6.07, 6.45) is 6.80. The number of pyridine rings is 1. The molecule has 1 aliphatic rings. The molecule has 5 aromatic rings. The average molecular weight is 513 g/mol. The van der Waals surface area contributed by atoms with Crippen LogP contribution in [-0.2, 0) is 17.8 Å². The number of aromatic amines is 1. The van der Waals surface area contributed by atoms with E-state index in [1.54, 1.807) is 22.7 Å². The Hall–Kier alpha value is -4.94. The summed E-state index contributed by atoms with van der Waals surface area (Å²) in [5, 5.41) is 9.28. The summed E-state index contributed by atoms with van der Waals surface area (Å²) in [6.45, 7) is 6.16. The molecule has 1 amide bonds. The first kappa shape index (κ1) is 23.5. The van der Waals surface area contributed by atoms with Crippen LogP contribution in [0.25, 0.3) is 22.5 Å². The molecule has 0 radical (unpaired) electrons. The molecule has 192 valence electrons. The molecule has 6 rings (SSSR count). The van der Waals surface area contributed by atoms with Gasteiger partial charge < -0.3 is 14.6 Å². The number of amides is 1. The van der Waals surface area contributed by atoms with Gasteiger partial charge in [0.15, 0.2) is 11.6 Å². The molecule has 0 bridgehead atoms. The number of methoxy groups -OCH3 is 1. The van der Waals surface area contributed by atoms with E-state index in [-0.39, 0.29) is 12.1 Å². The van der Waals surface area contributed by atoms with Crippen LogP contribution in [0, 0.1) is 20.8 Å². The number of ether oxygens (including phenoxy) is 1. The first-order chi connectivity index (χ1) is 18.3. The van der Waals surface area contributed by atoms with Crippen molar-refractivity contribution in [2.75, 3.05) is 13.7 Å². The van der Waals surface area contributed by atoms with E-state index in [9.17, 15) is 9.59 Å². The van der Waals surface area contributed by atoms with E-state index >= 15 is 0 Å². The number of aromatic nitrogens is 9. The molecule has 0 saturated carbocycles. The summed E-state index contributed by atoms with van der Waals surface area (Å²) in [5.41, 5.74) is 3.41. The van der Waals surface area contributed by atoms with Crippen LogP contribution in [-0.4, -0.2) is 74.7 Å². The van der Waals surface area contributed by atoms with Gasteiger partial charge in [-0.3, -0.25) is 9.59 Å². The maximum atomic E-state index is 13.5. The lowest BCUT2D eigenvalue weighted by Gasteiger charge is -2.26. The van der Waals surface area contributed by atoms with Gasteiger partial charge in [-0.15, -0.1) is 0 Å². The molecule has 5 aromatic heterocycles. The lowest BCUT2D eigenvalue weighted by Crippen LogP contribution is -2.40. The molecule has 0 unspecified atom stereocenters. The summed E-state index contributed by atoms with van der Waals surface area (Å²) >= 11 is 0. The normalized spacial score (nSPS) is 13.1. The number of H-pyrrole nitrogens is 1. The van der Waals surface area contributed by atoms with E-state index in [2.05, 4.69) is 35.1 Å². The molecule has 0 aliphatic carbocycles. The quantitative estimate of drug-likeness (QED) is 0.275. The maximum Gasteiger partial charge on any atom is 0.295 e. The van der Waals surface area contributed by atoms with E-state index in [0.29, 0.717) is 52.9 Å². The number of carbonyl (C=O) groups is 2. The van der Waals surface area contributed by atoms with Crippen molar-refractivity contribution in [3.8, 4) is 17.4 Å². The number of hydrogen-bond acceptors (Lipinski definition) is 9. The van der Waals surface area contributed by atoms with Crippen molar-refractivity contribution >= 4 is 22.6 Å². The van der Waals surface area contributed by atoms with Crippen molar-refractivity contribution < 1.29 is 14.3 Å². The highest BCUT2D eigenvalue weighted by Gasteiger charge is 2.31. The Kier molecular flexibility index (Phi) is 5.47. The zero-order valence-electron chi connectivity index (χ0n) is 21.3. The third-order valence-corrected chi connectivity index (χ3v) is 6.53. The number of nitrogens with one attached hydrogen (secondary N) is 1. The highest BCUT2D eigenvalue weighted by Crippen LogP contribution is 2.32. The molecule has 0 atom stereocenters. The Morgan fingerprint density at radius 1 is 1.08 bits per heavy atom. The van der Waals surface area contributed by atoms with Gasteiger partial charge in [0.25, 0.3) is 11.7 Å². The molecule has 1 N–H and O–H groups in total. The van der Waals surface area contributed by atoms with Crippen LogP contribution in [0.15, 0.2) is 31.0 Å². The molecular weight excluding hydrogens is 488 g/mol. The van der Waals surface area contributed by atoms with Gasteiger partial charge in [0.2, 0.25) is 0 Å². The number of ketones is 1. The minimum absolute atomic E-state index is 0.204. The molecule has 0 saturated heterocycles. The van der Waals surface area contributed by atoms with Crippen LogP contribution in [0.5, 0.6) is 5.75 Å². The maximum absolute atomic E-state index is 13.5. The number of aryl methyl sites for hydroxylation is 3. The Morgan fingerprint density at radius 2 is 1.92 bits per heavy atom. The van der Waals surface area contributed by atoms with Crippen LogP contribution in [0.4, 0.5) is 0 Å². The SMILES string of the molecule is COc1cnc(-n2cnc(C)n2)c2[nH]cc(C(=O)C(=O)N3CCc4c(cnn4-c4cc(C)nc(C)n4)C3)c12. The Morgan fingerprint density at radius 3 is 2.66 bits per heavy atom. The summed E-state index contributed by atoms with van der Waals surface area (Å²) in [7, 11) is 1.49. The molecule has 6 heterocycles. The molecule has 0 spiro atoms. The largest absolute Gasteiger partial charge is 0.494 e. The van der Waals surface area contributed by atoms with Crippen LogP contribution < -0.4 is 4.74 Å². The van der Waals surface area contributed by atoms with Gasteiger partial charge in [-0.25, -0.2) is 29.3 Å². The third kappa shape index (κ3) is 3.79. The number of hydrogen-bond donors (Lipinski definition) is 1. The van der Waals surface area contributed by atoms with Crippen LogP contribution in [0.1, 0.15) is 39.0 Å². The molecule has 1 aliphatic heterocycles. The van der Waals surface area contributed by atoms with Crippen LogP contribution in [0.3, 0.4) is 0 Å². The minimum Gasteiger partial charge on any atom is -0.494 e. The van der Waals surface area contributed by atoms with Crippen LogP contribution in [0.2, 0.25) is 0 Å². The van der Waals surface area contributed by atoms with Gasteiger partial charge in [-0.2, -0.15) is 10.2 Å². The Bertz CT molecular complexity index is 1710. The van der Waals surface area contributed by atoms with Crippen molar-refractivity contribution in [3.63, 3.8) is 0 Å². The van der Waals surface area contributed by atoms with Crippen molar-refractivity contribution in [1.82, 2.24) is 49.4 Å². The predicted octanol–water partition coefficient (Wildman–Crippen LogP) is 1.82. The lowest BCUT2D eigenvalue weighted by molar-refractivity contribution is -0.127. The first-order valence-corrected chi connectivity index (χ1v) is 12.0. The van der Waals surface area contributed by atoms with E-state index in [1.807, 2.05) is 19.9 Å². The topological polar surface area (TPSA) is 150 Å². The summed E-state index contributed by atoms with van der Waals surface area (Å²) in [4.78, 5) is 48.9. The van der Waals surface area contributed by atoms with Crippen molar-refractivity contribution in [2.24, 2.45) is 0 Å². The smallest absolute Gasteiger partial charge is 0.295 e. The monoisotopic (exact) mass is 512 g/mol. The number of Topliss-reactive ketones (excluding diaryl/α,β-unsaturated/α-hetero) is 1. The Labute approximate surface area is 216 Å². The second-order valence-electron chi connectivity index (χ2n) is 9.09. The van der Waals surface area contributed by atoms with Gasteiger partial charge in [-0.05, 0) is 20.8 Å². The fraction of sp³-hybridized carbons (Fsp3) is 0.280. The zero-order chi connectivity index (χ0) is 26.6. The van der Waals surface area contributed by atoms with E-state index < -0.39 is 11.7 Å². The lowest BCUT2D eigenvalue weighted by atomic mass is 10.0. The standard InChI is InChI=1S/C25H24N10O3/c1-13-7-20(31-15(3)30-13)35-18-5-6-33(11-16(18)8-29-35)25(37)23(36)17-9-26-22-21(17)19(38-4)10-27-24(22)34-12-28-14(2)32-34/h7-10,12,26H,5-6,11H2,1-4H3. The molecule has 13 nitrogen and oxygen atoms in total. The van der Waals surface area contributed by atoms with Gasteiger partial charge >= 0.3 is 0 Å².